The van der Waals surface area contributed by atoms with Crippen molar-refractivity contribution in [3.8, 4) is 0 Å². The predicted molar refractivity (Wildman–Crippen MR) is 40.4 cm³/mol. The van der Waals surface area contributed by atoms with Crippen LogP contribution in [0.4, 0.5) is 0 Å². The minimum absolute atomic E-state index is 0.330. The van der Waals surface area contributed by atoms with Crippen molar-refractivity contribution in [3.63, 3.8) is 0 Å². The van der Waals surface area contributed by atoms with E-state index in [1.54, 1.807) is 13.0 Å². The van der Waals surface area contributed by atoms with Gasteiger partial charge in [0.05, 0.1) is 0 Å². The van der Waals surface area contributed by atoms with Crippen molar-refractivity contribution in [2.24, 2.45) is 0 Å². The highest BCUT2D eigenvalue weighted by Crippen LogP contribution is 2.03. The van der Waals surface area contributed by atoms with Gasteiger partial charge in [-0.3, -0.25) is 0 Å². The van der Waals surface area contributed by atoms with Crippen LogP contribution < -0.4 is 0 Å². The fourth-order valence-electron chi connectivity index (χ4n) is 0.455. The summed E-state index contributed by atoms with van der Waals surface area (Å²) in [5.74, 6) is 0.330. The second-order valence-electron chi connectivity index (χ2n) is 2.16. The molecule has 0 aliphatic heterocycles. The third kappa shape index (κ3) is 3.83. The highest BCUT2D eigenvalue weighted by Gasteiger charge is 1.88. The Hall–Kier alpha value is -0.720. The molecule has 0 unspecified atom stereocenters. The van der Waals surface area contributed by atoms with Gasteiger partial charge in [0.2, 0.25) is 0 Å². The van der Waals surface area contributed by atoms with Crippen LogP contribution in [0.25, 0.3) is 0 Å². The first-order chi connectivity index (χ1) is 4.18. The molecule has 0 saturated heterocycles. The quantitative estimate of drug-likeness (QED) is 0.455. The van der Waals surface area contributed by atoms with Gasteiger partial charge in [0.15, 0.2) is 0 Å². The zero-order valence-electron chi connectivity index (χ0n) is 6.15. The van der Waals surface area contributed by atoms with E-state index in [2.05, 4.69) is 13.5 Å². The van der Waals surface area contributed by atoms with Crippen molar-refractivity contribution in [2.75, 3.05) is 0 Å². The number of allylic oxidation sites excluding steroid dienone is 2. The molecular formula is C8H14O. The molecule has 0 heterocycles. The first-order valence-corrected chi connectivity index (χ1v) is 3.23. The fourth-order valence-corrected chi connectivity index (χ4v) is 0.455. The third-order valence-corrected chi connectivity index (χ3v) is 1.06. The summed E-state index contributed by atoms with van der Waals surface area (Å²) in [5.41, 5.74) is 0.739. The summed E-state index contributed by atoms with van der Waals surface area (Å²) in [6.45, 7) is 7.45. The molecule has 0 aliphatic carbocycles. The minimum Gasteiger partial charge on any atom is -0.508 e. The molecule has 1 heteroatoms. The number of hydrogen-bond donors (Lipinski definition) is 1. The molecule has 0 bridgehead atoms. The van der Waals surface area contributed by atoms with Crippen molar-refractivity contribution in [1.29, 1.82) is 0 Å². The van der Waals surface area contributed by atoms with Crippen LogP contribution in [-0.2, 0) is 0 Å². The second kappa shape index (κ2) is 4.19. The van der Waals surface area contributed by atoms with Crippen LogP contribution in [0.1, 0.15) is 26.7 Å². The molecule has 0 aromatic heterocycles. The van der Waals surface area contributed by atoms with Crippen LogP contribution in [0.5, 0.6) is 0 Å². The Morgan fingerprint density at radius 2 is 2.22 bits per heavy atom. The van der Waals surface area contributed by atoms with E-state index in [1.807, 2.05) is 0 Å². The van der Waals surface area contributed by atoms with Gasteiger partial charge in [-0.1, -0.05) is 19.9 Å². The van der Waals surface area contributed by atoms with Crippen molar-refractivity contribution in [2.45, 2.75) is 26.7 Å². The van der Waals surface area contributed by atoms with Crippen molar-refractivity contribution in [1.82, 2.24) is 0 Å². The number of aliphatic hydroxyl groups is 1. The van der Waals surface area contributed by atoms with Crippen LogP contribution >= 0.6 is 0 Å². The molecule has 1 nitrogen and oxygen atoms in total. The van der Waals surface area contributed by atoms with Crippen molar-refractivity contribution >= 4 is 0 Å². The zero-order chi connectivity index (χ0) is 7.28. The van der Waals surface area contributed by atoms with E-state index in [0.29, 0.717) is 5.76 Å². The van der Waals surface area contributed by atoms with E-state index in [9.17, 15) is 0 Å². The summed E-state index contributed by atoms with van der Waals surface area (Å²) in [7, 11) is 0. The van der Waals surface area contributed by atoms with E-state index in [0.717, 1.165) is 18.4 Å². The Balaban J connectivity index is 3.69. The first kappa shape index (κ1) is 8.28. The number of unbranched alkanes of at least 4 members (excludes halogenated alkanes) is 1. The van der Waals surface area contributed by atoms with Gasteiger partial charge in [-0.2, -0.15) is 0 Å². The maximum absolute atomic E-state index is 9.02. The number of rotatable bonds is 3. The van der Waals surface area contributed by atoms with E-state index in [1.165, 1.54) is 0 Å². The molecule has 0 radical (unpaired) electrons. The van der Waals surface area contributed by atoms with E-state index in [-0.39, 0.29) is 0 Å². The summed E-state index contributed by atoms with van der Waals surface area (Å²) in [6, 6.07) is 0. The molecule has 0 rings (SSSR count). The van der Waals surface area contributed by atoms with Crippen LogP contribution in [0.2, 0.25) is 0 Å². The topological polar surface area (TPSA) is 20.2 Å². The Bertz CT molecular complexity index is 123. The van der Waals surface area contributed by atoms with Crippen LogP contribution in [-0.4, -0.2) is 5.11 Å². The van der Waals surface area contributed by atoms with Gasteiger partial charge in [0, 0.05) is 0 Å². The molecular weight excluding hydrogens is 112 g/mol. The van der Waals surface area contributed by atoms with E-state index in [4.69, 9.17) is 5.11 Å². The highest BCUT2D eigenvalue weighted by atomic mass is 16.3. The molecule has 0 aromatic carbocycles. The fraction of sp³-hybridized carbons (Fsp3) is 0.500. The Kier molecular flexibility index (Phi) is 3.85. The lowest BCUT2D eigenvalue weighted by molar-refractivity contribution is 0.420. The number of aliphatic hydroxyl groups excluding tert-OH is 1. The molecule has 0 spiro atoms. The Morgan fingerprint density at radius 3 is 2.56 bits per heavy atom. The largest absolute Gasteiger partial charge is 0.508 e. The van der Waals surface area contributed by atoms with Crippen LogP contribution in [0.15, 0.2) is 24.0 Å². The molecule has 0 fully saturated rings. The summed E-state index contributed by atoms with van der Waals surface area (Å²) >= 11 is 0. The average molecular weight is 126 g/mol. The average Bonchev–Trinajstić information content (AvgIpc) is 1.82. The lowest BCUT2D eigenvalue weighted by Crippen LogP contribution is -1.79. The Labute approximate surface area is 56.7 Å². The van der Waals surface area contributed by atoms with Gasteiger partial charge in [-0.15, -0.1) is 0 Å². The van der Waals surface area contributed by atoms with Crippen molar-refractivity contribution < 1.29 is 5.11 Å². The van der Waals surface area contributed by atoms with Gasteiger partial charge in [-0.25, -0.2) is 0 Å². The minimum atomic E-state index is 0.330. The van der Waals surface area contributed by atoms with Crippen molar-refractivity contribution in [3.05, 3.63) is 24.0 Å². The van der Waals surface area contributed by atoms with Gasteiger partial charge < -0.3 is 5.11 Å². The van der Waals surface area contributed by atoms with Gasteiger partial charge in [0.1, 0.15) is 5.76 Å². The van der Waals surface area contributed by atoms with E-state index < -0.39 is 0 Å². The summed E-state index contributed by atoms with van der Waals surface area (Å²) < 4.78 is 0. The van der Waals surface area contributed by atoms with Gasteiger partial charge >= 0.3 is 0 Å². The molecule has 0 amide bonds. The smallest absolute Gasteiger partial charge is 0.113 e. The SMILES string of the molecule is C=C(C)C(O)=CCCC. The molecule has 0 saturated carbocycles. The second-order valence-corrected chi connectivity index (χ2v) is 2.16. The molecule has 0 aliphatic rings. The standard InChI is InChI=1S/C8H14O/c1-4-5-6-8(9)7(2)3/h6,9H,2,4-5H2,1,3H3. The lowest BCUT2D eigenvalue weighted by atomic mass is 10.2. The maximum Gasteiger partial charge on any atom is 0.113 e. The van der Waals surface area contributed by atoms with Gasteiger partial charge in [0.25, 0.3) is 0 Å². The maximum atomic E-state index is 9.02. The molecule has 52 valence electrons. The monoisotopic (exact) mass is 126 g/mol. The molecule has 0 aromatic rings. The zero-order valence-corrected chi connectivity index (χ0v) is 6.15. The van der Waals surface area contributed by atoms with Crippen LogP contribution in [0.3, 0.4) is 0 Å². The Morgan fingerprint density at radius 1 is 1.67 bits per heavy atom. The van der Waals surface area contributed by atoms with Crippen LogP contribution in [0, 0.1) is 0 Å². The molecule has 9 heavy (non-hydrogen) atoms. The summed E-state index contributed by atoms with van der Waals surface area (Å²) in [6.07, 6.45) is 3.79. The molecule has 0 atom stereocenters. The summed E-state index contributed by atoms with van der Waals surface area (Å²) in [5, 5.41) is 9.02. The lowest BCUT2D eigenvalue weighted by Gasteiger charge is -1.94. The first-order valence-electron chi connectivity index (χ1n) is 3.23. The molecule has 1 N–H and O–H groups in total. The highest BCUT2D eigenvalue weighted by molar-refractivity contribution is 5.18. The summed E-state index contributed by atoms with van der Waals surface area (Å²) in [4.78, 5) is 0. The normalized spacial score (nSPS) is 11.6. The van der Waals surface area contributed by atoms with E-state index >= 15 is 0 Å². The van der Waals surface area contributed by atoms with Gasteiger partial charge in [-0.05, 0) is 25.0 Å². The third-order valence-electron chi connectivity index (χ3n) is 1.06. The number of hydrogen-bond acceptors (Lipinski definition) is 1. The predicted octanol–water partition coefficient (Wildman–Crippen LogP) is 2.80.